The third-order valence-electron chi connectivity index (χ3n) is 4.54. The Balaban J connectivity index is 1.68. The largest absolute Gasteiger partial charge is 0.391 e. The van der Waals surface area contributed by atoms with Gasteiger partial charge in [0.1, 0.15) is 5.82 Å². The van der Waals surface area contributed by atoms with Crippen LogP contribution < -0.4 is 0 Å². The second-order valence-corrected chi connectivity index (χ2v) is 6.32. The number of nitriles is 1. The van der Waals surface area contributed by atoms with Gasteiger partial charge in [0.25, 0.3) is 0 Å². The fourth-order valence-corrected chi connectivity index (χ4v) is 3.26. The number of hydrogen-bond donors (Lipinski definition) is 1. The van der Waals surface area contributed by atoms with E-state index < -0.39 is 6.10 Å². The maximum atomic E-state index is 13.5. The van der Waals surface area contributed by atoms with E-state index in [-0.39, 0.29) is 24.3 Å². The molecule has 4 nitrogen and oxygen atoms in total. The second kappa shape index (κ2) is 7.45. The predicted molar refractivity (Wildman–Crippen MR) is 91.0 cm³/mol. The van der Waals surface area contributed by atoms with E-state index in [2.05, 4.69) is 6.07 Å². The molecule has 1 aliphatic heterocycles. The molecule has 0 bridgehead atoms. The molecule has 2 aromatic carbocycles. The molecule has 128 valence electrons. The molecule has 25 heavy (non-hydrogen) atoms. The summed E-state index contributed by atoms with van der Waals surface area (Å²) in [7, 11) is 0. The van der Waals surface area contributed by atoms with Gasteiger partial charge in [-0.1, -0.05) is 24.3 Å². The molecule has 1 fully saturated rings. The first kappa shape index (κ1) is 17.1. The molecule has 1 N–H and O–H groups in total. The molecular formula is C20H19FN2O2. The molecule has 2 atom stereocenters. The highest BCUT2D eigenvalue weighted by Crippen LogP contribution is 2.33. The lowest BCUT2D eigenvalue weighted by molar-refractivity contribution is -0.132. The molecule has 1 aliphatic rings. The van der Waals surface area contributed by atoms with Gasteiger partial charge in [-0.3, -0.25) is 4.79 Å². The van der Waals surface area contributed by atoms with Crippen LogP contribution in [0.5, 0.6) is 0 Å². The minimum atomic E-state index is -0.591. The molecule has 0 aliphatic carbocycles. The lowest BCUT2D eigenvalue weighted by atomic mass is 10.0. The van der Waals surface area contributed by atoms with Crippen LogP contribution in [0.4, 0.5) is 4.39 Å². The van der Waals surface area contributed by atoms with Crippen LogP contribution in [0.15, 0.2) is 48.5 Å². The Labute approximate surface area is 146 Å². The van der Waals surface area contributed by atoms with Gasteiger partial charge in [0, 0.05) is 13.0 Å². The SMILES string of the molecule is N#Cc1ccc(CCC(=O)N2CC(O)CC2c2cccc(F)c2)cc1. The molecule has 0 radical (unpaired) electrons. The van der Waals surface area contributed by atoms with Crippen LogP contribution in [-0.2, 0) is 11.2 Å². The number of benzene rings is 2. The number of nitrogens with zero attached hydrogens (tertiary/aromatic N) is 2. The number of halogens is 1. The molecule has 1 amide bonds. The Morgan fingerprint density at radius 2 is 2.04 bits per heavy atom. The van der Waals surface area contributed by atoms with Crippen LogP contribution >= 0.6 is 0 Å². The van der Waals surface area contributed by atoms with E-state index in [1.54, 1.807) is 29.2 Å². The topological polar surface area (TPSA) is 64.3 Å². The number of carbonyl (C=O) groups is 1. The lowest BCUT2D eigenvalue weighted by Gasteiger charge is -2.25. The summed E-state index contributed by atoms with van der Waals surface area (Å²) in [4.78, 5) is 14.3. The van der Waals surface area contributed by atoms with Crippen molar-refractivity contribution in [3.63, 3.8) is 0 Å². The summed E-state index contributed by atoms with van der Waals surface area (Å²) in [6, 6.07) is 15.1. The van der Waals surface area contributed by atoms with Crippen molar-refractivity contribution >= 4 is 5.91 Å². The van der Waals surface area contributed by atoms with Crippen LogP contribution in [-0.4, -0.2) is 28.6 Å². The average Bonchev–Trinajstić information content (AvgIpc) is 3.02. The van der Waals surface area contributed by atoms with E-state index in [1.165, 1.54) is 12.1 Å². The van der Waals surface area contributed by atoms with Crippen molar-refractivity contribution < 1.29 is 14.3 Å². The standard InChI is InChI=1S/C20H19FN2O2/c21-17-3-1-2-16(10-17)19-11-18(24)13-23(19)20(25)9-8-14-4-6-15(12-22)7-5-14/h1-7,10,18-19,24H,8-9,11,13H2. The zero-order valence-electron chi connectivity index (χ0n) is 13.7. The maximum Gasteiger partial charge on any atom is 0.223 e. The molecule has 5 heteroatoms. The normalized spacial score (nSPS) is 19.6. The van der Waals surface area contributed by atoms with Gasteiger partial charge < -0.3 is 10.0 Å². The number of aliphatic hydroxyl groups excluding tert-OH is 1. The molecule has 0 saturated carbocycles. The number of amides is 1. The smallest absolute Gasteiger partial charge is 0.223 e. The van der Waals surface area contributed by atoms with Crippen LogP contribution in [0, 0.1) is 17.1 Å². The summed E-state index contributed by atoms with van der Waals surface area (Å²) in [6.45, 7) is 0.271. The maximum absolute atomic E-state index is 13.5. The predicted octanol–water partition coefficient (Wildman–Crippen LogP) is 2.96. The molecule has 3 rings (SSSR count). The highest BCUT2D eigenvalue weighted by molar-refractivity contribution is 5.77. The molecular weight excluding hydrogens is 319 g/mol. The Morgan fingerprint density at radius 3 is 2.72 bits per heavy atom. The Kier molecular flexibility index (Phi) is 5.11. The summed E-state index contributed by atoms with van der Waals surface area (Å²) in [5, 5.41) is 18.8. The van der Waals surface area contributed by atoms with Crippen molar-refractivity contribution in [3.8, 4) is 6.07 Å². The van der Waals surface area contributed by atoms with E-state index in [0.717, 1.165) is 5.56 Å². The van der Waals surface area contributed by atoms with Crippen molar-refractivity contribution in [3.05, 3.63) is 71.0 Å². The van der Waals surface area contributed by atoms with E-state index >= 15 is 0 Å². The summed E-state index contributed by atoms with van der Waals surface area (Å²) >= 11 is 0. The third-order valence-corrected chi connectivity index (χ3v) is 4.54. The number of β-amino-alcohol motifs (C(OH)–C–C–N with tert-alkyl or cyclic N) is 1. The van der Waals surface area contributed by atoms with Gasteiger partial charge in [-0.2, -0.15) is 5.26 Å². The lowest BCUT2D eigenvalue weighted by Crippen LogP contribution is -2.32. The second-order valence-electron chi connectivity index (χ2n) is 6.32. The molecule has 2 unspecified atom stereocenters. The van der Waals surface area contributed by atoms with Crippen molar-refractivity contribution in [2.24, 2.45) is 0 Å². The highest BCUT2D eigenvalue weighted by Gasteiger charge is 2.35. The first-order valence-electron chi connectivity index (χ1n) is 8.29. The summed E-state index contributed by atoms with van der Waals surface area (Å²) in [6.07, 6.45) is 0.705. The molecule has 1 heterocycles. The molecule has 1 saturated heterocycles. The average molecular weight is 338 g/mol. The van der Waals surface area contributed by atoms with Crippen LogP contribution in [0.2, 0.25) is 0 Å². The third kappa shape index (κ3) is 4.04. The van der Waals surface area contributed by atoms with Gasteiger partial charge in [0.05, 0.1) is 23.8 Å². The Morgan fingerprint density at radius 1 is 1.28 bits per heavy atom. The first-order chi connectivity index (χ1) is 12.1. The van der Waals surface area contributed by atoms with E-state index in [9.17, 15) is 14.3 Å². The number of aryl methyl sites for hydroxylation is 1. The molecule has 0 spiro atoms. The quantitative estimate of drug-likeness (QED) is 0.932. The fourth-order valence-electron chi connectivity index (χ4n) is 3.26. The van der Waals surface area contributed by atoms with Gasteiger partial charge in [0.15, 0.2) is 0 Å². The van der Waals surface area contributed by atoms with Crippen molar-refractivity contribution in [1.29, 1.82) is 5.26 Å². The summed E-state index contributed by atoms with van der Waals surface area (Å²) in [5.41, 5.74) is 2.28. The van der Waals surface area contributed by atoms with Crippen molar-refractivity contribution in [2.45, 2.75) is 31.4 Å². The van der Waals surface area contributed by atoms with E-state index in [1.807, 2.05) is 12.1 Å². The zero-order valence-corrected chi connectivity index (χ0v) is 13.7. The van der Waals surface area contributed by atoms with Crippen molar-refractivity contribution in [2.75, 3.05) is 6.54 Å². The molecule has 2 aromatic rings. The van der Waals surface area contributed by atoms with E-state index in [0.29, 0.717) is 30.4 Å². The van der Waals surface area contributed by atoms with Crippen LogP contribution in [0.1, 0.15) is 35.6 Å². The fraction of sp³-hybridized carbons (Fsp3) is 0.300. The highest BCUT2D eigenvalue weighted by atomic mass is 19.1. The van der Waals surface area contributed by atoms with Gasteiger partial charge >= 0.3 is 0 Å². The Hall–Kier alpha value is -2.71. The number of likely N-dealkylation sites (tertiary alicyclic amines) is 1. The van der Waals surface area contributed by atoms with E-state index in [4.69, 9.17) is 5.26 Å². The number of rotatable bonds is 4. The summed E-state index contributed by atoms with van der Waals surface area (Å²) < 4.78 is 13.5. The van der Waals surface area contributed by atoms with Gasteiger partial charge in [-0.05, 0) is 48.2 Å². The minimum Gasteiger partial charge on any atom is -0.391 e. The minimum absolute atomic E-state index is 0.0600. The monoisotopic (exact) mass is 338 g/mol. The molecule has 0 aromatic heterocycles. The van der Waals surface area contributed by atoms with Crippen molar-refractivity contribution in [1.82, 2.24) is 4.90 Å². The van der Waals surface area contributed by atoms with Gasteiger partial charge in [0.2, 0.25) is 5.91 Å². The number of aliphatic hydroxyl groups is 1. The summed E-state index contributed by atoms with van der Waals surface area (Å²) in [5.74, 6) is -0.404. The number of carbonyl (C=O) groups excluding carboxylic acids is 1. The van der Waals surface area contributed by atoms with Gasteiger partial charge in [-0.25, -0.2) is 4.39 Å². The van der Waals surface area contributed by atoms with Crippen LogP contribution in [0.3, 0.4) is 0 Å². The van der Waals surface area contributed by atoms with Crippen LogP contribution in [0.25, 0.3) is 0 Å². The first-order valence-corrected chi connectivity index (χ1v) is 8.29. The number of hydrogen-bond acceptors (Lipinski definition) is 3. The zero-order chi connectivity index (χ0) is 17.8. The van der Waals surface area contributed by atoms with Gasteiger partial charge in [-0.15, -0.1) is 0 Å². The Bertz CT molecular complexity index is 798.